The van der Waals surface area contributed by atoms with Crippen molar-refractivity contribution in [2.75, 3.05) is 31.7 Å². The fourth-order valence-corrected chi connectivity index (χ4v) is 3.66. The molecule has 164 valence electrons. The van der Waals surface area contributed by atoms with Gasteiger partial charge >= 0.3 is 5.69 Å². The van der Waals surface area contributed by atoms with Gasteiger partial charge in [0.15, 0.2) is 5.65 Å². The number of hydrogen-bond acceptors (Lipinski definition) is 8. The third kappa shape index (κ3) is 4.14. The second kappa shape index (κ2) is 8.82. The largest absolute Gasteiger partial charge is 0.395 e. The molecule has 0 atom stereocenters. The second-order valence-electron chi connectivity index (χ2n) is 7.45. The summed E-state index contributed by atoms with van der Waals surface area (Å²) < 4.78 is 8.71. The summed E-state index contributed by atoms with van der Waals surface area (Å²) >= 11 is 0. The van der Waals surface area contributed by atoms with Crippen molar-refractivity contribution in [3.8, 4) is 0 Å². The Morgan fingerprint density at radius 1 is 1.29 bits per heavy atom. The van der Waals surface area contributed by atoms with Gasteiger partial charge in [0.05, 0.1) is 24.7 Å². The Balaban J connectivity index is 1.63. The third-order valence-corrected chi connectivity index (χ3v) is 5.38. The molecule has 4 rings (SSSR count). The van der Waals surface area contributed by atoms with E-state index in [-0.39, 0.29) is 36.5 Å². The lowest BCUT2D eigenvalue weighted by Crippen LogP contribution is -2.30. The number of carbonyl (C=O) groups excluding carboxylic acids is 1. The minimum atomic E-state index is -0.355. The molecule has 0 spiro atoms. The number of imidazole rings is 1. The molecule has 4 heterocycles. The average molecular weight is 427 g/mol. The topological polar surface area (TPSA) is 136 Å². The van der Waals surface area contributed by atoms with Gasteiger partial charge < -0.3 is 20.5 Å². The molecule has 3 aromatic rings. The molecule has 11 heteroatoms. The SMILES string of the molecule is Cc1cc(C(=O)NCCO)ncc1Nc1ncc2c(n1)n(C1CCOCC1)c(=O)n2C. The van der Waals surface area contributed by atoms with Gasteiger partial charge in [-0.25, -0.2) is 14.8 Å². The zero-order valence-corrected chi connectivity index (χ0v) is 17.5. The first-order valence-corrected chi connectivity index (χ1v) is 10.1. The van der Waals surface area contributed by atoms with E-state index in [9.17, 15) is 9.59 Å². The van der Waals surface area contributed by atoms with E-state index in [2.05, 4.69) is 25.6 Å². The summed E-state index contributed by atoms with van der Waals surface area (Å²) in [4.78, 5) is 38.0. The smallest absolute Gasteiger partial charge is 0.330 e. The quantitative estimate of drug-likeness (QED) is 0.522. The number of fused-ring (bicyclic) bond motifs is 1. The predicted molar refractivity (Wildman–Crippen MR) is 114 cm³/mol. The van der Waals surface area contributed by atoms with Crippen molar-refractivity contribution in [1.82, 2.24) is 29.4 Å². The first-order chi connectivity index (χ1) is 15.0. The van der Waals surface area contributed by atoms with Crippen molar-refractivity contribution in [2.45, 2.75) is 25.8 Å². The lowest BCUT2D eigenvalue weighted by atomic mass is 10.1. The molecule has 0 radical (unpaired) electrons. The van der Waals surface area contributed by atoms with E-state index >= 15 is 0 Å². The summed E-state index contributed by atoms with van der Waals surface area (Å²) in [5.74, 6) is -0.0209. The van der Waals surface area contributed by atoms with E-state index in [4.69, 9.17) is 9.84 Å². The summed E-state index contributed by atoms with van der Waals surface area (Å²) in [5, 5.41) is 14.5. The Bertz CT molecular complexity index is 1160. The number of aliphatic hydroxyl groups is 1. The van der Waals surface area contributed by atoms with Gasteiger partial charge in [-0.1, -0.05) is 0 Å². The van der Waals surface area contributed by atoms with Crippen LogP contribution < -0.4 is 16.3 Å². The summed E-state index contributed by atoms with van der Waals surface area (Å²) in [5.41, 5.74) is 2.79. The molecule has 1 fully saturated rings. The molecular formula is C20H25N7O4. The van der Waals surface area contributed by atoms with Crippen LogP contribution in [0.15, 0.2) is 23.3 Å². The highest BCUT2D eigenvalue weighted by Crippen LogP contribution is 2.25. The molecule has 31 heavy (non-hydrogen) atoms. The minimum absolute atomic E-state index is 0.0350. The first kappa shape index (κ1) is 20.9. The van der Waals surface area contributed by atoms with Crippen LogP contribution in [0.3, 0.4) is 0 Å². The third-order valence-electron chi connectivity index (χ3n) is 5.38. The Hall–Kier alpha value is -3.31. The molecule has 11 nitrogen and oxygen atoms in total. The molecular weight excluding hydrogens is 402 g/mol. The van der Waals surface area contributed by atoms with Gasteiger partial charge in [0.25, 0.3) is 5.91 Å². The second-order valence-corrected chi connectivity index (χ2v) is 7.45. The number of hydrogen-bond donors (Lipinski definition) is 3. The Labute approximate surface area is 178 Å². The van der Waals surface area contributed by atoms with Crippen LogP contribution in [0.2, 0.25) is 0 Å². The molecule has 0 unspecified atom stereocenters. The van der Waals surface area contributed by atoms with Gasteiger partial charge in [-0.05, 0) is 31.4 Å². The molecule has 3 N–H and O–H groups in total. The number of anilines is 2. The lowest BCUT2D eigenvalue weighted by molar-refractivity contribution is 0.0695. The van der Waals surface area contributed by atoms with Crippen LogP contribution in [-0.4, -0.2) is 61.5 Å². The van der Waals surface area contributed by atoms with Gasteiger partial charge in [-0.15, -0.1) is 0 Å². The number of ether oxygens (including phenoxy) is 1. The number of carbonyl (C=O) groups is 1. The van der Waals surface area contributed by atoms with E-state index < -0.39 is 0 Å². The number of nitrogens with one attached hydrogen (secondary N) is 2. The normalized spacial score (nSPS) is 14.7. The molecule has 0 aromatic carbocycles. The maximum atomic E-state index is 12.8. The fourth-order valence-electron chi connectivity index (χ4n) is 3.66. The van der Waals surface area contributed by atoms with Crippen LogP contribution in [-0.2, 0) is 11.8 Å². The van der Waals surface area contributed by atoms with Crippen molar-refractivity contribution in [2.24, 2.45) is 7.05 Å². The standard InChI is InChI=1S/C20H25N7O4/c1-12-9-14(18(29)21-5-6-28)22-10-15(12)24-19-23-11-16-17(25-19)27(20(30)26(16)2)13-3-7-31-8-4-13/h9-11,13,28H,3-8H2,1-2H3,(H,21,29)(H,23,24,25). The first-order valence-electron chi connectivity index (χ1n) is 10.1. The molecule has 0 saturated carbocycles. The van der Waals surface area contributed by atoms with Crippen molar-refractivity contribution < 1.29 is 14.6 Å². The average Bonchev–Trinajstić information content (AvgIpc) is 3.03. The number of nitrogens with zero attached hydrogens (tertiary/aromatic N) is 5. The van der Waals surface area contributed by atoms with E-state index in [1.54, 1.807) is 28.4 Å². The monoisotopic (exact) mass is 427 g/mol. The van der Waals surface area contributed by atoms with E-state index in [1.165, 1.54) is 6.20 Å². The number of aliphatic hydroxyl groups excluding tert-OH is 1. The van der Waals surface area contributed by atoms with Crippen molar-refractivity contribution in [1.29, 1.82) is 0 Å². The number of aromatic nitrogens is 5. The Morgan fingerprint density at radius 3 is 2.77 bits per heavy atom. The minimum Gasteiger partial charge on any atom is -0.395 e. The number of aryl methyl sites for hydroxylation is 2. The van der Waals surface area contributed by atoms with Gasteiger partial charge in [-0.2, -0.15) is 4.98 Å². The Morgan fingerprint density at radius 2 is 2.06 bits per heavy atom. The molecule has 0 bridgehead atoms. The molecule has 1 aliphatic heterocycles. The molecule has 3 aromatic heterocycles. The van der Waals surface area contributed by atoms with E-state index in [1.807, 2.05) is 6.92 Å². The highest BCUT2D eigenvalue weighted by Gasteiger charge is 2.23. The number of amides is 1. The summed E-state index contributed by atoms with van der Waals surface area (Å²) in [7, 11) is 1.71. The highest BCUT2D eigenvalue weighted by atomic mass is 16.5. The van der Waals surface area contributed by atoms with Crippen LogP contribution in [0.1, 0.15) is 34.9 Å². The van der Waals surface area contributed by atoms with Crippen LogP contribution >= 0.6 is 0 Å². The zero-order chi connectivity index (χ0) is 22.0. The van der Waals surface area contributed by atoms with Gasteiger partial charge in [0.2, 0.25) is 5.95 Å². The van der Waals surface area contributed by atoms with Gasteiger partial charge in [0.1, 0.15) is 11.2 Å². The van der Waals surface area contributed by atoms with E-state index in [0.717, 1.165) is 18.4 Å². The van der Waals surface area contributed by atoms with Crippen LogP contribution in [0.25, 0.3) is 11.2 Å². The van der Waals surface area contributed by atoms with Gasteiger partial charge in [0, 0.05) is 32.8 Å². The van der Waals surface area contributed by atoms with Crippen molar-refractivity contribution in [3.05, 3.63) is 40.2 Å². The molecule has 1 aliphatic rings. The van der Waals surface area contributed by atoms with Crippen LogP contribution in [0.4, 0.5) is 11.6 Å². The molecule has 1 saturated heterocycles. The van der Waals surface area contributed by atoms with Gasteiger partial charge in [-0.3, -0.25) is 13.9 Å². The lowest BCUT2D eigenvalue weighted by Gasteiger charge is -2.22. The predicted octanol–water partition coefficient (Wildman–Crippen LogP) is 0.651. The van der Waals surface area contributed by atoms with E-state index in [0.29, 0.717) is 36.0 Å². The maximum absolute atomic E-state index is 12.8. The summed E-state index contributed by atoms with van der Waals surface area (Å²) in [6.45, 7) is 3.10. The van der Waals surface area contributed by atoms with Crippen LogP contribution in [0.5, 0.6) is 0 Å². The molecule has 0 aliphatic carbocycles. The van der Waals surface area contributed by atoms with Crippen molar-refractivity contribution in [3.63, 3.8) is 0 Å². The summed E-state index contributed by atoms with van der Waals surface area (Å²) in [6.07, 6.45) is 4.68. The van der Waals surface area contributed by atoms with Crippen LogP contribution in [0, 0.1) is 6.92 Å². The zero-order valence-electron chi connectivity index (χ0n) is 17.5. The fraction of sp³-hybridized carbons (Fsp3) is 0.450. The maximum Gasteiger partial charge on any atom is 0.330 e. The number of rotatable bonds is 6. The van der Waals surface area contributed by atoms with Crippen molar-refractivity contribution >= 4 is 28.7 Å². The Kier molecular flexibility index (Phi) is 5.96. The molecule has 1 amide bonds. The number of pyridine rings is 1. The highest BCUT2D eigenvalue weighted by molar-refractivity contribution is 5.92. The summed E-state index contributed by atoms with van der Waals surface area (Å²) in [6, 6.07) is 1.68.